The molecule has 4 aliphatic rings. The predicted molar refractivity (Wildman–Crippen MR) is 213 cm³/mol. The molecule has 0 radical (unpaired) electrons. The largest absolute Gasteiger partial charge is 0.504 e. The van der Waals surface area contributed by atoms with Crippen LogP contribution in [0.1, 0.15) is 42.4 Å². The van der Waals surface area contributed by atoms with Gasteiger partial charge < -0.3 is 19.3 Å². The highest BCUT2D eigenvalue weighted by molar-refractivity contribution is 6.58. The lowest BCUT2D eigenvalue weighted by atomic mass is 9.56. The monoisotopic (exact) mass is 810 g/mol. The first-order chi connectivity index (χ1) is 27.4. The predicted octanol–water partition coefficient (Wildman–Crippen LogP) is 7.89. The lowest BCUT2D eigenvalue weighted by molar-refractivity contribution is -0.125. The topological polar surface area (TPSA) is 123 Å². The number of phenolic OH excluding ortho intramolecular Hbond substituents is 1. The van der Waals surface area contributed by atoms with Crippen LogP contribution in [0.25, 0.3) is 12.2 Å². The smallest absolute Gasteiger partial charge is 0.258 e. The second-order valence-corrected chi connectivity index (χ2v) is 15.7. The number of amides is 4. The summed E-state index contributed by atoms with van der Waals surface area (Å²) >= 11 is 14.9. The molecule has 10 nitrogen and oxygen atoms in total. The molecule has 4 aromatic carbocycles. The number of nitrogens with zero attached hydrogens (tertiary/aromatic N) is 2. The van der Waals surface area contributed by atoms with E-state index in [1.165, 1.54) is 17.0 Å². The Morgan fingerprint density at radius 3 is 2.21 bits per heavy atom. The number of aromatic hydroxyl groups is 1. The number of phenols is 1. The lowest BCUT2D eigenvalue weighted by Crippen LogP contribution is -2.60. The number of ether oxygens (including phenoxy) is 3. The van der Waals surface area contributed by atoms with Crippen molar-refractivity contribution in [1.29, 1.82) is 0 Å². The number of halogens is 3. The minimum atomic E-state index is -2.21. The molecule has 1 N–H and O–H groups in total. The number of anilines is 2. The molecule has 57 heavy (non-hydrogen) atoms. The van der Waals surface area contributed by atoms with Crippen LogP contribution >= 0.6 is 23.2 Å². The van der Waals surface area contributed by atoms with Crippen molar-refractivity contribution in [2.45, 2.75) is 35.4 Å². The van der Waals surface area contributed by atoms with Crippen molar-refractivity contribution in [3.63, 3.8) is 0 Å². The van der Waals surface area contributed by atoms with Gasteiger partial charge in [-0.25, -0.2) is 9.29 Å². The molecule has 0 bridgehead atoms. The van der Waals surface area contributed by atoms with Gasteiger partial charge in [-0.1, -0.05) is 48.1 Å². The number of allylic oxidation sites excluding steroid dienone is 2. The Balaban J connectivity index is 1.17. The van der Waals surface area contributed by atoms with Gasteiger partial charge in [-0.15, -0.1) is 23.2 Å². The van der Waals surface area contributed by atoms with Gasteiger partial charge in [0.25, 0.3) is 11.8 Å². The third kappa shape index (κ3) is 5.81. The molecule has 2 heterocycles. The molecule has 292 valence electrons. The third-order valence-electron chi connectivity index (χ3n) is 11.6. The van der Waals surface area contributed by atoms with Crippen molar-refractivity contribution in [3.05, 3.63) is 119 Å². The summed E-state index contributed by atoms with van der Waals surface area (Å²) in [6, 6.07) is 22.0. The number of hydrogen-bond acceptors (Lipinski definition) is 8. The summed E-state index contributed by atoms with van der Waals surface area (Å²) in [4.78, 5) is 55.6. The van der Waals surface area contributed by atoms with E-state index in [1.807, 2.05) is 24.3 Å². The normalized spacial score (nSPS) is 26.7. The van der Waals surface area contributed by atoms with Crippen molar-refractivity contribution in [2.24, 2.45) is 17.8 Å². The maximum Gasteiger partial charge on any atom is 0.258 e. The summed E-state index contributed by atoms with van der Waals surface area (Å²) < 4.78 is 30.5. The molecule has 4 amide bonds. The number of carbonyl (C=O) groups is 4. The number of imide groups is 2. The van der Waals surface area contributed by atoms with Crippen LogP contribution in [0.5, 0.6) is 23.0 Å². The van der Waals surface area contributed by atoms with E-state index in [0.29, 0.717) is 22.8 Å². The number of hydrogen-bond donors (Lipinski definition) is 1. The molecule has 0 aromatic heterocycles. The van der Waals surface area contributed by atoms with Gasteiger partial charge in [0.15, 0.2) is 21.2 Å². The fourth-order valence-corrected chi connectivity index (χ4v) is 9.86. The van der Waals surface area contributed by atoms with Gasteiger partial charge in [-0.3, -0.25) is 24.1 Å². The minimum Gasteiger partial charge on any atom is -0.504 e. The van der Waals surface area contributed by atoms with Gasteiger partial charge in [0.05, 0.1) is 44.0 Å². The van der Waals surface area contributed by atoms with Crippen LogP contribution in [0, 0.1) is 23.6 Å². The van der Waals surface area contributed by atoms with Crippen molar-refractivity contribution < 1.29 is 42.9 Å². The van der Waals surface area contributed by atoms with Gasteiger partial charge in [-0.05, 0) is 91.9 Å². The van der Waals surface area contributed by atoms with E-state index in [2.05, 4.69) is 0 Å². The highest BCUT2D eigenvalue weighted by Crippen LogP contribution is 2.67. The molecule has 4 aromatic rings. The van der Waals surface area contributed by atoms with Gasteiger partial charge in [0.1, 0.15) is 17.3 Å². The first-order valence-corrected chi connectivity index (χ1v) is 19.2. The van der Waals surface area contributed by atoms with E-state index in [0.717, 1.165) is 28.2 Å². The van der Waals surface area contributed by atoms with Crippen LogP contribution in [-0.2, 0) is 19.2 Å². The summed E-state index contributed by atoms with van der Waals surface area (Å²) in [5.74, 6) is -5.86. The van der Waals surface area contributed by atoms with E-state index in [4.69, 9.17) is 37.4 Å². The Hall–Kier alpha value is -5.65. The standard InChI is InChI=1S/C44H37Cl2FN2O8/c1-4-57-35-7-5-6-32(38(35)50)37-30-19-20-31-36(33(30)23-43(45)41(53)49(42(54)44(37,43)46)28-16-12-26(47)13-17-28)40(52)48(39(31)51)27-14-9-24(10-15-27)8-11-25-22-29(55-2)18-21-34(25)56-3/h5-19,21-22,31,33,36-37,50H,4,20,23H2,1-3H3/t31-,33+,36-,37+,43+,44-/m0/s1. The van der Waals surface area contributed by atoms with Crippen LogP contribution in [-0.4, -0.2) is 59.3 Å². The van der Waals surface area contributed by atoms with Gasteiger partial charge in [0, 0.05) is 17.0 Å². The molecule has 2 aliphatic carbocycles. The number of rotatable bonds is 9. The zero-order chi connectivity index (χ0) is 40.4. The summed E-state index contributed by atoms with van der Waals surface area (Å²) in [6.07, 6.45) is 5.40. The Labute approximate surface area is 338 Å². The zero-order valence-electron chi connectivity index (χ0n) is 31.1. The fraction of sp³-hybridized carbons (Fsp3) is 0.273. The molecule has 6 atom stereocenters. The number of fused-ring (bicyclic) bond motifs is 4. The van der Waals surface area contributed by atoms with Gasteiger partial charge in [-0.2, -0.15) is 0 Å². The highest BCUT2D eigenvalue weighted by Gasteiger charge is 2.77. The minimum absolute atomic E-state index is 0.0564. The van der Waals surface area contributed by atoms with Crippen molar-refractivity contribution in [1.82, 2.24) is 0 Å². The van der Waals surface area contributed by atoms with Crippen molar-refractivity contribution in [2.75, 3.05) is 30.6 Å². The van der Waals surface area contributed by atoms with Crippen LogP contribution in [0.4, 0.5) is 15.8 Å². The van der Waals surface area contributed by atoms with E-state index in [1.54, 1.807) is 75.8 Å². The summed E-state index contributed by atoms with van der Waals surface area (Å²) in [5, 5.41) is 11.6. The Morgan fingerprint density at radius 1 is 0.825 bits per heavy atom. The van der Waals surface area contributed by atoms with Crippen molar-refractivity contribution >= 4 is 70.4 Å². The molecule has 8 rings (SSSR count). The summed E-state index contributed by atoms with van der Waals surface area (Å²) in [7, 11) is 3.16. The molecule has 0 spiro atoms. The second kappa shape index (κ2) is 14.4. The molecular formula is C44H37Cl2FN2O8. The average Bonchev–Trinajstić information content (AvgIpc) is 3.55. The first-order valence-electron chi connectivity index (χ1n) is 18.4. The molecule has 0 unspecified atom stereocenters. The van der Waals surface area contributed by atoms with Crippen LogP contribution < -0.4 is 24.0 Å². The Kier molecular flexibility index (Phi) is 9.64. The maximum atomic E-state index is 14.6. The zero-order valence-corrected chi connectivity index (χ0v) is 32.6. The number of para-hydroxylation sites is 1. The van der Waals surface area contributed by atoms with E-state index in [-0.39, 0.29) is 42.2 Å². The van der Waals surface area contributed by atoms with E-state index in [9.17, 15) is 28.7 Å². The van der Waals surface area contributed by atoms with Gasteiger partial charge >= 0.3 is 0 Å². The quantitative estimate of drug-likeness (QED) is 0.0785. The Bertz CT molecular complexity index is 2380. The summed E-state index contributed by atoms with van der Waals surface area (Å²) in [6.45, 7) is 1.97. The molecule has 1 saturated carbocycles. The second-order valence-electron chi connectivity index (χ2n) is 14.4. The molecule has 13 heteroatoms. The molecule has 2 aliphatic heterocycles. The average molecular weight is 812 g/mol. The van der Waals surface area contributed by atoms with Crippen LogP contribution in [0.15, 0.2) is 96.6 Å². The summed E-state index contributed by atoms with van der Waals surface area (Å²) in [5.41, 5.74) is 2.69. The van der Waals surface area contributed by atoms with Crippen LogP contribution in [0.2, 0.25) is 0 Å². The third-order valence-corrected chi connectivity index (χ3v) is 13.0. The number of carbonyl (C=O) groups excluding carboxylic acids is 4. The maximum absolute atomic E-state index is 14.6. The molecular weight excluding hydrogens is 774 g/mol. The van der Waals surface area contributed by atoms with E-state index >= 15 is 0 Å². The lowest BCUT2D eigenvalue weighted by Gasteiger charge is -2.50. The van der Waals surface area contributed by atoms with Crippen LogP contribution in [0.3, 0.4) is 0 Å². The number of methoxy groups -OCH3 is 2. The van der Waals surface area contributed by atoms with E-state index < -0.39 is 62.9 Å². The highest BCUT2D eigenvalue weighted by atomic mass is 35.5. The molecule has 2 saturated heterocycles. The number of benzene rings is 4. The first kappa shape index (κ1) is 38.2. The van der Waals surface area contributed by atoms with Gasteiger partial charge in [0.2, 0.25) is 11.8 Å². The number of alkyl halides is 2. The SMILES string of the molecule is CCOc1cccc([C@H]2C3=CC[C@@H]4C(=O)N(c5ccc(C=Cc6cc(OC)ccc6OC)cc5)C(=O)[C@@H]4[C@@H]3C[C@@]3(Cl)C(=O)N(c4ccc(F)cc4)C(=O)[C@@]23Cl)c1O. The Morgan fingerprint density at radius 2 is 1.53 bits per heavy atom. The fourth-order valence-electron chi connectivity index (χ4n) is 8.93. The van der Waals surface area contributed by atoms with Crippen molar-refractivity contribution in [3.8, 4) is 23.0 Å². The molecule has 3 fully saturated rings.